The van der Waals surface area contributed by atoms with E-state index in [1.165, 1.54) is 5.56 Å². The average Bonchev–Trinajstić information content (AvgIpc) is 2.15. The van der Waals surface area contributed by atoms with E-state index in [0.29, 0.717) is 6.61 Å². The van der Waals surface area contributed by atoms with Gasteiger partial charge in [0.15, 0.2) is 0 Å². The second kappa shape index (κ2) is 5.07. The van der Waals surface area contributed by atoms with Crippen molar-refractivity contribution in [1.82, 2.24) is 0 Å². The van der Waals surface area contributed by atoms with Gasteiger partial charge < -0.3 is 4.74 Å². The van der Waals surface area contributed by atoms with Gasteiger partial charge in [-0.3, -0.25) is 0 Å². The van der Waals surface area contributed by atoms with Crippen molar-refractivity contribution < 1.29 is 4.74 Å². The number of benzene rings is 1. The van der Waals surface area contributed by atoms with E-state index in [9.17, 15) is 0 Å². The van der Waals surface area contributed by atoms with Crippen LogP contribution in [0.3, 0.4) is 0 Å². The van der Waals surface area contributed by atoms with Crippen molar-refractivity contribution in [3.8, 4) is 5.75 Å². The van der Waals surface area contributed by atoms with Crippen LogP contribution in [0.2, 0.25) is 0 Å². The van der Waals surface area contributed by atoms with E-state index in [1.807, 2.05) is 25.1 Å². The molecule has 0 bridgehead atoms. The fourth-order valence-corrected chi connectivity index (χ4v) is 1.27. The van der Waals surface area contributed by atoms with Crippen molar-refractivity contribution in [2.24, 2.45) is 0 Å². The van der Waals surface area contributed by atoms with Crippen LogP contribution in [0.4, 0.5) is 0 Å². The molecule has 0 aromatic heterocycles. The Balaban J connectivity index is 2.61. The first-order valence-electron chi connectivity index (χ1n) is 4.14. The van der Waals surface area contributed by atoms with Crippen LogP contribution in [0.15, 0.2) is 36.4 Å². The lowest BCUT2D eigenvalue weighted by Crippen LogP contribution is -1.97. The molecule has 2 heteroatoms. The topological polar surface area (TPSA) is 9.23 Å². The lowest BCUT2D eigenvalue weighted by molar-refractivity contribution is 0.352. The maximum Gasteiger partial charge on any atom is 0.120 e. The highest BCUT2D eigenvalue weighted by Crippen LogP contribution is 2.15. The quantitative estimate of drug-likeness (QED) is 0.578. The SMILES string of the molecule is C=C(C)COc1cccc(CBr)c1. The third-order valence-corrected chi connectivity index (χ3v) is 2.19. The Morgan fingerprint density at radius 3 is 2.92 bits per heavy atom. The van der Waals surface area contributed by atoms with Crippen LogP contribution in [-0.2, 0) is 5.33 Å². The smallest absolute Gasteiger partial charge is 0.120 e. The molecular weight excluding hydrogens is 228 g/mol. The Morgan fingerprint density at radius 1 is 1.54 bits per heavy atom. The van der Waals surface area contributed by atoms with Gasteiger partial charge in [-0.1, -0.05) is 34.6 Å². The maximum absolute atomic E-state index is 5.49. The fourth-order valence-electron chi connectivity index (χ4n) is 0.925. The van der Waals surface area contributed by atoms with Crippen molar-refractivity contribution in [1.29, 1.82) is 0 Å². The molecule has 70 valence electrons. The van der Waals surface area contributed by atoms with Gasteiger partial charge in [0.05, 0.1) is 0 Å². The van der Waals surface area contributed by atoms with Gasteiger partial charge in [-0.15, -0.1) is 0 Å². The molecule has 0 aliphatic heterocycles. The monoisotopic (exact) mass is 240 g/mol. The van der Waals surface area contributed by atoms with Gasteiger partial charge in [0.2, 0.25) is 0 Å². The fraction of sp³-hybridized carbons (Fsp3) is 0.273. The van der Waals surface area contributed by atoms with Crippen LogP contribution in [0.1, 0.15) is 12.5 Å². The molecule has 0 radical (unpaired) electrons. The van der Waals surface area contributed by atoms with E-state index >= 15 is 0 Å². The Bertz CT molecular complexity index is 294. The van der Waals surface area contributed by atoms with Gasteiger partial charge in [-0.25, -0.2) is 0 Å². The number of rotatable bonds is 4. The highest BCUT2D eigenvalue weighted by Gasteiger charge is 1.95. The molecule has 0 saturated carbocycles. The van der Waals surface area contributed by atoms with Gasteiger partial charge in [-0.05, 0) is 30.2 Å². The molecule has 1 aromatic carbocycles. The molecular formula is C11H13BrO. The molecule has 1 nitrogen and oxygen atoms in total. The largest absolute Gasteiger partial charge is 0.489 e. The van der Waals surface area contributed by atoms with E-state index in [1.54, 1.807) is 0 Å². The molecule has 0 unspecified atom stereocenters. The first-order chi connectivity index (χ1) is 6.22. The van der Waals surface area contributed by atoms with E-state index in [0.717, 1.165) is 16.7 Å². The molecule has 0 spiro atoms. The molecule has 13 heavy (non-hydrogen) atoms. The molecule has 0 atom stereocenters. The van der Waals surface area contributed by atoms with Gasteiger partial charge in [0.1, 0.15) is 12.4 Å². The molecule has 0 fully saturated rings. The predicted octanol–water partition coefficient (Wildman–Crippen LogP) is 3.54. The summed E-state index contributed by atoms with van der Waals surface area (Å²) in [6, 6.07) is 8.03. The summed E-state index contributed by atoms with van der Waals surface area (Å²) in [7, 11) is 0. The van der Waals surface area contributed by atoms with E-state index in [2.05, 4.69) is 28.6 Å². The van der Waals surface area contributed by atoms with Gasteiger partial charge >= 0.3 is 0 Å². The van der Waals surface area contributed by atoms with Crippen LogP contribution in [0.5, 0.6) is 5.75 Å². The molecule has 1 rings (SSSR count). The molecule has 0 saturated heterocycles. The average molecular weight is 241 g/mol. The third-order valence-electron chi connectivity index (χ3n) is 1.54. The van der Waals surface area contributed by atoms with Gasteiger partial charge in [-0.2, -0.15) is 0 Å². The molecule has 0 aliphatic carbocycles. The molecule has 0 aliphatic rings. The number of halogens is 1. The van der Waals surface area contributed by atoms with Crippen LogP contribution in [0.25, 0.3) is 0 Å². The zero-order valence-electron chi connectivity index (χ0n) is 7.72. The minimum atomic E-state index is 0.589. The van der Waals surface area contributed by atoms with Crippen molar-refractivity contribution in [2.45, 2.75) is 12.3 Å². The minimum absolute atomic E-state index is 0.589. The number of hydrogen-bond acceptors (Lipinski definition) is 1. The standard InChI is InChI=1S/C11H13BrO/c1-9(2)8-13-11-5-3-4-10(6-11)7-12/h3-6H,1,7-8H2,2H3. The number of alkyl halides is 1. The highest BCUT2D eigenvalue weighted by molar-refractivity contribution is 9.08. The summed E-state index contributed by atoms with van der Waals surface area (Å²) in [6.07, 6.45) is 0. The summed E-state index contributed by atoms with van der Waals surface area (Å²) >= 11 is 3.40. The van der Waals surface area contributed by atoms with Crippen LogP contribution < -0.4 is 4.74 Å². The molecule has 0 amide bonds. The zero-order chi connectivity index (χ0) is 9.68. The second-order valence-electron chi connectivity index (χ2n) is 3.03. The van der Waals surface area contributed by atoms with Crippen molar-refractivity contribution in [2.75, 3.05) is 6.61 Å². The van der Waals surface area contributed by atoms with Crippen molar-refractivity contribution in [3.05, 3.63) is 42.0 Å². The summed E-state index contributed by atoms with van der Waals surface area (Å²) in [5.74, 6) is 0.903. The molecule has 1 aromatic rings. The van der Waals surface area contributed by atoms with E-state index < -0.39 is 0 Å². The maximum atomic E-state index is 5.49. The first kappa shape index (κ1) is 10.3. The Kier molecular flexibility index (Phi) is 4.03. The molecule has 0 N–H and O–H groups in total. The second-order valence-corrected chi connectivity index (χ2v) is 3.59. The van der Waals surface area contributed by atoms with Crippen LogP contribution >= 0.6 is 15.9 Å². The third kappa shape index (κ3) is 3.64. The summed E-state index contributed by atoms with van der Waals surface area (Å²) in [6.45, 7) is 6.32. The minimum Gasteiger partial charge on any atom is -0.489 e. The Hall–Kier alpha value is -0.760. The van der Waals surface area contributed by atoms with E-state index in [4.69, 9.17) is 4.74 Å². The lowest BCUT2D eigenvalue weighted by atomic mass is 10.2. The van der Waals surface area contributed by atoms with Crippen LogP contribution in [-0.4, -0.2) is 6.61 Å². The summed E-state index contributed by atoms with van der Waals surface area (Å²) < 4.78 is 5.49. The van der Waals surface area contributed by atoms with Gasteiger partial charge in [0, 0.05) is 5.33 Å². The highest BCUT2D eigenvalue weighted by atomic mass is 79.9. The summed E-state index contributed by atoms with van der Waals surface area (Å²) in [4.78, 5) is 0. The van der Waals surface area contributed by atoms with Crippen LogP contribution in [0, 0.1) is 0 Å². The Labute approximate surface area is 87.5 Å². The normalized spacial score (nSPS) is 9.69. The first-order valence-corrected chi connectivity index (χ1v) is 5.26. The number of hydrogen-bond donors (Lipinski definition) is 0. The van der Waals surface area contributed by atoms with Crippen molar-refractivity contribution >= 4 is 15.9 Å². The summed E-state index contributed by atoms with van der Waals surface area (Å²) in [5.41, 5.74) is 2.25. The zero-order valence-corrected chi connectivity index (χ0v) is 9.30. The Morgan fingerprint density at radius 2 is 2.31 bits per heavy atom. The predicted molar refractivity (Wildman–Crippen MR) is 59.4 cm³/mol. The van der Waals surface area contributed by atoms with Gasteiger partial charge in [0.25, 0.3) is 0 Å². The lowest BCUT2D eigenvalue weighted by Gasteiger charge is -2.06. The van der Waals surface area contributed by atoms with E-state index in [-0.39, 0.29) is 0 Å². The van der Waals surface area contributed by atoms with Crippen molar-refractivity contribution in [3.63, 3.8) is 0 Å². The summed E-state index contributed by atoms with van der Waals surface area (Å²) in [5, 5.41) is 0.858. The molecule has 0 heterocycles. The number of ether oxygens (including phenoxy) is 1.